The summed E-state index contributed by atoms with van der Waals surface area (Å²) in [6.45, 7) is 4.59. The Bertz CT molecular complexity index is 280. The smallest absolute Gasteiger partial charge is 0.0348 e. The maximum absolute atomic E-state index is 2.36. The molecular weight excluding hydrogens is 336 g/mol. The normalized spacial score (nSPS) is 11.9. The molecule has 0 saturated heterocycles. The predicted molar refractivity (Wildman–Crippen MR) is 131 cm³/mol. The standard InChI is InChI=1S/C28H54/c1-3-5-7-9-11-13-15-17-19-21-23-25-27-28-26-24-22-20-18-16-14-12-10-8-6-4-2/h25-28H,3-24H2,1-2H3/b27-25+,28-26+. The van der Waals surface area contributed by atoms with Crippen LogP contribution in [-0.4, -0.2) is 0 Å². The van der Waals surface area contributed by atoms with Crippen LogP contribution >= 0.6 is 0 Å². The Kier molecular flexibility index (Phi) is 26.0. The molecule has 0 aromatic carbocycles. The van der Waals surface area contributed by atoms with E-state index < -0.39 is 0 Å². The van der Waals surface area contributed by atoms with Gasteiger partial charge >= 0.3 is 0 Å². The van der Waals surface area contributed by atoms with Gasteiger partial charge < -0.3 is 0 Å². The summed E-state index contributed by atoms with van der Waals surface area (Å²) in [7, 11) is 0. The van der Waals surface area contributed by atoms with E-state index in [1.54, 1.807) is 0 Å². The number of hydrogen-bond acceptors (Lipinski definition) is 0. The summed E-state index contributed by atoms with van der Waals surface area (Å²) in [6, 6.07) is 0. The van der Waals surface area contributed by atoms with Gasteiger partial charge in [0, 0.05) is 0 Å². The maximum atomic E-state index is 2.36. The predicted octanol–water partition coefficient (Wildman–Crippen LogP) is 10.7. The zero-order chi connectivity index (χ0) is 20.4. The minimum Gasteiger partial charge on any atom is -0.0845 e. The van der Waals surface area contributed by atoms with Gasteiger partial charge in [0.1, 0.15) is 0 Å². The SMILES string of the molecule is CCCCCCCCCCCC/C=C/C=C/CCCCCCCCCCCC. The highest BCUT2D eigenvalue weighted by Crippen LogP contribution is 2.12. The summed E-state index contributed by atoms with van der Waals surface area (Å²) in [5.74, 6) is 0. The number of unbranched alkanes of at least 4 members (excludes halogenated alkanes) is 20. The van der Waals surface area contributed by atoms with Gasteiger partial charge in [-0.15, -0.1) is 0 Å². The van der Waals surface area contributed by atoms with Gasteiger partial charge in [-0.1, -0.05) is 154 Å². The molecule has 0 rings (SSSR count). The minimum atomic E-state index is 1.26. The quantitative estimate of drug-likeness (QED) is 0.120. The second-order valence-electron chi connectivity index (χ2n) is 8.80. The molecule has 0 bridgehead atoms. The monoisotopic (exact) mass is 390 g/mol. The Balaban J connectivity index is 3.15. The first-order valence-corrected chi connectivity index (χ1v) is 13.2. The van der Waals surface area contributed by atoms with E-state index in [1.807, 2.05) is 0 Å². The molecule has 0 aromatic heterocycles. The number of rotatable bonds is 23. The molecule has 0 fully saturated rings. The first kappa shape index (κ1) is 27.5. The van der Waals surface area contributed by atoms with E-state index in [0.717, 1.165) is 0 Å². The van der Waals surface area contributed by atoms with Crippen molar-refractivity contribution < 1.29 is 0 Å². The van der Waals surface area contributed by atoms with Gasteiger partial charge in [-0.3, -0.25) is 0 Å². The van der Waals surface area contributed by atoms with Gasteiger partial charge in [-0.2, -0.15) is 0 Å². The van der Waals surface area contributed by atoms with Crippen molar-refractivity contribution in [3.05, 3.63) is 24.3 Å². The molecule has 0 nitrogen and oxygen atoms in total. The van der Waals surface area contributed by atoms with Crippen LogP contribution in [0.2, 0.25) is 0 Å². The van der Waals surface area contributed by atoms with Crippen molar-refractivity contribution >= 4 is 0 Å². The van der Waals surface area contributed by atoms with Crippen LogP contribution in [0.3, 0.4) is 0 Å². The Morgan fingerprint density at radius 2 is 0.571 bits per heavy atom. The van der Waals surface area contributed by atoms with Crippen LogP contribution in [0.15, 0.2) is 24.3 Å². The Labute approximate surface area is 179 Å². The van der Waals surface area contributed by atoms with Crippen LogP contribution in [0.25, 0.3) is 0 Å². The average molecular weight is 391 g/mol. The Hall–Kier alpha value is -0.520. The molecule has 0 saturated carbocycles. The lowest BCUT2D eigenvalue weighted by atomic mass is 10.1. The molecule has 0 atom stereocenters. The van der Waals surface area contributed by atoms with Gasteiger partial charge in [-0.05, 0) is 25.7 Å². The van der Waals surface area contributed by atoms with E-state index in [1.165, 1.54) is 141 Å². The molecule has 0 aliphatic heterocycles. The summed E-state index contributed by atoms with van der Waals surface area (Å²) in [5, 5.41) is 0. The van der Waals surface area contributed by atoms with Crippen LogP contribution in [0.4, 0.5) is 0 Å². The molecule has 166 valence electrons. The van der Waals surface area contributed by atoms with Gasteiger partial charge in [0.2, 0.25) is 0 Å². The molecular formula is C28H54. The van der Waals surface area contributed by atoms with E-state index in [4.69, 9.17) is 0 Å². The third-order valence-corrected chi connectivity index (χ3v) is 5.83. The van der Waals surface area contributed by atoms with Crippen molar-refractivity contribution in [1.29, 1.82) is 0 Å². The first-order valence-electron chi connectivity index (χ1n) is 13.2. The summed E-state index contributed by atoms with van der Waals surface area (Å²) in [4.78, 5) is 0. The molecule has 0 aliphatic rings. The Morgan fingerprint density at radius 1 is 0.321 bits per heavy atom. The van der Waals surface area contributed by atoms with E-state index in [2.05, 4.69) is 38.2 Å². The number of allylic oxidation sites excluding steroid dienone is 4. The highest BCUT2D eigenvalue weighted by atomic mass is 14.0. The van der Waals surface area contributed by atoms with Crippen molar-refractivity contribution in [2.24, 2.45) is 0 Å². The first-order chi connectivity index (χ1) is 13.9. The summed E-state index contributed by atoms with van der Waals surface area (Å²) in [6.07, 6.45) is 40.4. The fraction of sp³-hybridized carbons (Fsp3) is 0.857. The Morgan fingerprint density at radius 3 is 0.857 bits per heavy atom. The van der Waals surface area contributed by atoms with Crippen molar-refractivity contribution in [2.75, 3.05) is 0 Å². The molecule has 0 unspecified atom stereocenters. The second kappa shape index (κ2) is 26.5. The van der Waals surface area contributed by atoms with Crippen LogP contribution < -0.4 is 0 Å². The van der Waals surface area contributed by atoms with Crippen LogP contribution in [0.1, 0.15) is 155 Å². The van der Waals surface area contributed by atoms with E-state index >= 15 is 0 Å². The van der Waals surface area contributed by atoms with E-state index in [0.29, 0.717) is 0 Å². The lowest BCUT2D eigenvalue weighted by molar-refractivity contribution is 0.557. The molecule has 28 heavy (non-hydrogen) atoms. The zero-order valence-corrected chi connectivity index (χ0v) is 19.9. The lowest BCUT2D eigenvalue weighted by Crippen LogP contribution is -1.81. The molecule has 0 radical (unpaired) electrons. The van der Waals surface area contributed by atoms with Crippen molar-refractivity contribution in [3.8, 4) is 0 Å². The van der Waals surface area contributed by atoms with Gasteiger partial charge in [0.25, 0.3) is 0 Å². The van der Waals surface area contributed by atoms with Gasteiger partial charge in [0.05, 0.1) is 0 Å². The topological polar surface area (TPSA) is 0 Å². The minimum absolute atomic E-state index is 1.26. The lowest BCUT2D eigenvalue weighted by Gasteiger charge is -2.01. The van der Waals surface area contributed by atoms with Crippen LogP contribution in [0.5, 0.6) is 0 Å². The molecule has 0 spiro atoms. The van der Waals surface area contributed by atoms with Crippen LogP contribution in [0, 0.1) is 0 Å². The summed E-state index contributed by atoms with van der Waals surface area (Å²) in [5.41, 5.74) is 0. The zero-order valence-electron chi connectivity index (χ0n) is 19.9. The van der Waals surface area contributed by atoms with Gasteiger partial charge in [0.15, 0.2) is 0 Å². The molecule has 0 aliphatic carbocycles. The second-order valence-corrected chi connectivity index (χ2v) is 8.80. The fourth-order valence-corrected chi connectivity index (χ4v) is 3.85. The molecule has 0 heteroatoms. The van der Waals surface area contributed by atoms with Crippen molar-refractivity contribution in [1.82, 2.24) is 0 Å². The molecule has 0 aromatic rings. The molecule has 0 heterocycles. The molecule has 0 N–H and O–H groups in total. The highest BCUT2D eigenvalue weighted by molar-refractivity contribution is 5.02. The average Bonchev–Trinajstić information content (AvgIpc) is 2.71. The largest absolute Gasteiger partial charge is 0.0845 e. The molecule has 0 amide bonds. The van der Waals surface area contributed by atoms with E-state index in [-0.39, 0.29) is 0 Å². The third-order valence-electron chi connectivity index (χ3n) is 5.83. The van der Waals surface area contributed by atoms with Gasteiger partial charge in [-0.25, -0.2) is 0 Å². The maximum Gasteiger partial charge on any atom is -0.0348 e. The van der Waals surface area contributed by atoms with E-state index in [9.17, 15) is 0 Å². The van der Waals surface area contributed by atoms with Crippen molar-refractivity contribution in [3.63, 3.8) is 0 Å². The van der Waals surface area contributed by atoms with Crippen molar-refractivity contribution in [2.45, 2.75) is 155 Å². The number of hydrogen-bond donors (Lipinski definition) is 0. The third kappa shape index (κ3) is 25.5. The summed E-state index contributed by atoms with van der Waals surface area (Å²) < 4.78 is 0. The van der Waals surface area contributed by atoms with Crippen LogP contribution in [-0.2, 0) is 0 Å². The fourth-order valence-electron chi connectivity index (χ4n) is 3.85. The summed E-state index contributed by atoms with van der Waals surface area (Å²) >= 11 is 0. The highest BCUT2D eigenvalue weighted by Gasteiger charge is 1.93.